The van der Waals surface area contributed by atoms with Crippen LogP contribution in [0.3, 0.4) is 0 Å². The van der Waals surface area contributed by atoms with Gasteiger partial charge in [0.25, 0.3) is 0 Å². The molecule has 0 saturated heterocycles. The van der Waals surface area contributed by atoms with Crippen LogP contribution in [0.1, 0.15) is 18.9 Å². The second kappa shape index (κ2) is 4.87. The lowest BCUT2D eigenvalue weighted by molar-refractivity contribution is -0.141. The first-order chi connectivity index (χ1) is 7.04. The molecule has 0 aliphatic rings. The van der Waals surface area contributed by atoms with Crippen molar-refractivity contribution < 1.29 is 18.7 Å². The molecule has 82 valence electrons. The van der Waals surface area contributed by atoms with Crippen LogP contribution >= 0.6 is 0 Å². The van der Waals surface area contributed by atoms with Crippen molar-refractivity contribution in [3.8, 4) is 0 Å². The van der Waals surface area contributed by atoms with Crippen molar-refractivity contribution in [3.63, 3.8) is 0 Å². The summed E-state index contributed by atoms with van der Waals surface area (Å²) in [6, 6.07) is 3.07. The van der Waals surface area contributed by atoms with E-state index in [-0.39, 0.29) is 12.0 Å². The van der Waals surface area contributed by atoms with E-state index in [1.165, 1.54) is 0 Å². The number of carboxylic acids is 1. The van der Waals surface area contributed by atoms with Crippen molar-refractivity contribution in [2.24, 2.45) is 5.92 Å². The Kier molecular flexibility index (Phi) is 3.77. The molecule has 0 saturated carbocycles. The molecule has 15 heavy (non-hydrogen) atoms. The number of aliphatic carboxylic acids is 1. The summed E-state index contributed by atoms with van der Waals surface area (Å²) in [7, 11) is 0. The third-order valence-electron chi connectivity index (χ3n) is 2.32. The monoisotopic (exact) mass is 214 g/mol. The molecule has 0 heterocycles. The molecule has 1 aromatic rings. The van der Waals surface area contributed by atoms with Crippen LogP contribution in [0.25, 0.3) is 0 Å². The zero-order chi connectivity index (χ0) is 11.4. The van der Waals surface area contributed by atoms with Crippen molar-refractivity contribution in [1.29, 1.82) is 0 Å². The molecule has 1 aromatic carbocycles. The molecule has 0 unspecified atom stereocenters. The fourth-order valence-corrected chi connectivity index (χ4v) is 1.37. The van der Waals surface area contributed by atoms with E-state index < -0.39 is 23.5 Å². The zero-order valence-electron chi connectivity index (χ0n) is 8.34. The first-order valence-corrected chi connectivity index (χ1v) is 4.71. The van der Waals surface area contributed by atoms with Gasteiger partial charge in [-0.1, -0.05) is 6.92 Å². The minimum atomic E-state index is -0.985. The van der Waals surface area contributed by atoms with Gasteiger partial charge in [0.05, 0.1) is 5.92 Å². The van der Waals surface area contributed by atoms with Gasteiger partial charge < -0.3 is 5.11 Å². The van der Waals surface area contributed by atoms with E-state index in [0.29, 0.717) is 6.42 Å². The second-order valence-corrected chi connectivity index (χ2v) is 3.38. The number of carboxylic acid groups (broad SMARTS) is 1. The van der Waals surface area contributed by atoms with E-state index in [0.717, 1.165) is 18.2 Å². The van der Waals surface area contributed by atoms with E-state index in [1.807, 2.05) is 0 Å². The molecule has 2 nitrogen and oxygen atoms in total. The van der Waals surface area contributed by atoms with Crippen LogP contribution < -0.4 is 0 Å². The summed E-state index contributed by atoms with van der Waals surface area (Å²) in [6.07, 6.45) is 0.417. The van der Waals surface area contributed by atoms with Gasteiger partial charge in [0, 0.05) is 0 Å². The molecule has 0 aromatic heterocycles. The number of rotatable bonds is 4. The first kappa shape index (κ1) is 11.6. The molecule has 0 amide bonds. The topological polar surface area (TPSA) is 37.3 Å². The summed E-state index contributed by atoms with van der Waals surface area (Å²) in [5, 5.41) is 8.78. The van der Waals surface area contributed by atoms with E-state index in [1.54, 1.807) is 6.92 Å². The Morgan fingerprint density at radius 3 is 2.67 bits per heavy atom. The SMILES string of the molecule is CC[C@H](Cc1cc(F)ccc1F)C(=O)O. The summed E-state index contributed by atoms with van der Waals surface area (Å²) in [5.41, 5.74) is 0.115. The fourth-order valence-electron chi connectivity index (χ4n) is 1.37. The largest absolute Gasteiger partial charge is 0.481 e. The Hall–Kier alpha value is -1.45. The average Bonchev–Trinajstić information content (AvgIpc) is 2.18. The van der Waals surface area contributed by atoms with Crippen LogP contribution in [0.2, 0.25) is 0 Å². The predicted molar refractivity (Wildman–Crippen MR) is 51.5 cm³/mol. The summed E-state index contributed by atoms with van der Waals surface area (Å²) in [6.45, 7) is 1.70. The molecule has 1 atom stereocenters. The Labute approximate surface area is 86.5 Å². The lowest BCUT2D eigenvalue weighted by Crippen LogP contribution is -2.16. The number of benzene rings is 1. The highest BCUT2D eigenvalue weighted by molar-refractivity contribution is 5.70. The van der Waals surface area contributed by atoms with Crippen LogP contribution in [0.15, 0.2) is 18.2 Å². The molecular formula is C11H12F2O2. The van der Waals surface area contributed by atoms with E-state index in [9.17, 15) is 13.6 Å². The summed E-state index contributed by atoms with van der Waals surface area (Å²) >= 11 is 0. The third-order valence-corrected chi connectivity index (χ3v) is 2.32. The molecule has 0 aliphatic carbocycles. The summed E-state index contributed by atoms with van der Waals surface area (Å²) < 4.78 is 26.0. The Bertz CT molecular complexity index is 364. The average molecular weight is 214 g/mol. The lowest BCUT2D eigenvalue weighted by Gasteiger charge is -2.10. The standard InChI is InChI=1S/C11H12F2O2/c1-2-7(11(14)15)5-8-6-9(12)3-4-10(8)13/h3-4,6-7H,2,5H2,1H3,(H,14,15)/t7-/m1/s1. The van der Waals surface area contributed by atoms with Gasteiger partial charge in [-0.25, -0.2) is 8.78 Å². The third kappa shape index (κ3) is 3.01. The molecule has 1 rings (SSSR count). The highest BCUT2D eigenvalue weighted by Gasteiger charge is 2.17. The maximum Gasteiger partial charge on any atom is 0.306 e. The minimum absolute atomic E-state index is 0.0232. The first-order valence-electron chi connectivity index (χ1n) is 4.71. The quantitative estimate of drug-likeness (QED) is 0.836. The van der Waals surface area contributed by atoms with Crippen molar-refractivity contribution in [3.05, 3.63) is 35.4 Å². The van der Waals surface area contributed by atoms with Gasteiger partial charge in [-0.05, 0) is 36.6 Å². The number of carbonyl (C=O) groups is 1. The zero-order valence-corrected chi connectivity index (χ0v) is 8.34. The van der Waals surface area contributed by atoms with Gasteiger partial charge in [-0.3, -0.25) is 4.79 Å². The van der Waals surface area contributed by atoms with Gasteiger partial charge in [0.1, 0.15) is 11.6 Å². The van der Waals surface area contributed by atoms with Crippen LogP contribution in [0.4, 0.5) is 8.78 Å². The molecule has 0 bridgehead atoms. The maximum atomic E-state index is 13.2. The predicted octanol–water partition coefficient (Wildman–Crippen LogP) is 2.62. The summed E-state index contributed by atoms with van der Waals surface area (Å²) in [5.74, 6) is -2.76. The van der Waals surface area contributed by atoms with Crippen LogP contribution in [0.5, 0.6) is 0 Å². The molecular weight excluding hydrogens is 202 g/mol. The molecule has 0 radical (unpaired) electrons. The Balaban J connectivity index is 2.87. The van der Waals surface area contributed by atoms with E-state index in [4.69, 9.17) is 5.11 Å². The van der Waals surface area contributed by atoms with Crippen molar-refractivity contribution in [2.75, 3.05) is 0 Å². The van der Waals surface area contributed by atoms with Gasteiger partial charge in [-0.2, -0.15) is 0 Å². The number of hydrogen-bond donors (Lipinski definition) is 1. The van der Waals surface area contributed by atoms with Crippen molar-refractivity contribution in [2.45, 2.75) is 19.8 Å². The molecule has 4 heteroatoms. The minimum Gasteiger partial charge on any atom is -0.481 e. The molecule has 0 aliphatic heterocycles. The van der Waals surface area contributed by atoms with E-state index >= 15 is 0 Å². The molecule has 0 spiro atoms. The molecule has 1 N–H and O–H groups in total. The normalized spacial score (nSPS) is 12.5. The number of hydrogen-bond acceptors (Lipinski definition) is 1. The van der Waals surface area contributed by atoms with Gasteiger partial charge >= 0.3 is 5.97 Å². The van der Waals surface area contributed by atoms with Gasteiger partial charge in [-0.15, -0.1) is 0 Å². The Morgan fingerprint density at radius 2 is 2.13 bits per heavy atom. The summed E-state index contributed by atoms with van der Waals surface area (Å²) in [4.78, 5) is 10.7. The maximum absolute atomic E-state index is 13.2. The second-order valence-electron chi connectivity index (χ2n) is 3.38. The van der Waals surface area contributed by atoms with Gasteiger partial charge in [0.2, 0.25) is 0 Å². The van der Waals surface area contributed by atoms with Crippen molar-refractivity contribution in [1.82, 2.24) is 0 Å². The smallest absolute Gasteiger partial charge is 0.306 e. The fraction of sp³-hybridized carbons (Fsp3) is 0.364. The number of halogens is 2. The van der Waals surface area contributed by atoms with Crippen molar-refractivity contribution >= 4 is 5.97 Å². The molecule has 0 fully saturated rings. The van der Waals surface area contributed by atoms with Crippen LogP contribution in [0, 0.1) is 17.6 Å². The Morgan fingerprint density at radius 1 is 1.47 bits per heavy atom. The highest BCUT2D eigenvalue weighted by Crippen LogP contribution is 2.16. The highest BCUT2D eigenvalue weighted by atomic mass is 19.1. The van der Waals surface area contributed by atoms with Crippen LogP contribution in [-0.2, 0) is 11.2 Å². The lowest BCUT2D eigenvalue weighted by atomic mass is 9.97. The van der Waals surface area contributed by atoms with Gasteiger partial charge in [0.15, 0.2) is 0 Å². The van der Waals surface area contributed by atoms with E-state index in [2.05, 4.69) is 0 Å². The van der Waals surface area contributed by atoms with Crippen LogP contribution in [-0.4, -0.2) is 11.1 Å².